The Bertz CT molecular complexity index is 1260. The van der Waals surface area contributed by atoms with Gasteiger partial charge in [-0.2, -0.15) is 4.31 Å². The second kappa shape index (κ2) is 10.1. The number of pyridine rings is 1. The highest BCUT2D eigenvalue weighted by Crippen LogP contribution is 2.36. The van der Waals surface area contributed by atoms with Crippen molar-refractivity contribution in [3.8, 4) is 5.75 Å². The van der Waals surface area contributed by atoms with Gasteiger partial charge in [0, 0.05) is 37.6 Å². The molecule has 1 fully saturated rings. The van der Waals surface area contributed by atoms with E-state index in [0.717, 1.165) is 11.4 Å². The average molecular weight is 499 g/mol. The SMILES string of the molecule is O=C(NC1=Nc2c(OCCCS(=O)(=O)N3CCOCC3)cccc2C2=NCCN12)c1cccnc1. The van der Waals surface area contributed by atoms with Crippen LogP contribution < -0.4 is 10.1 Å². The zero-order chi connectivity index (χ0) is 24.3. The first-order chi connectivity index (χ1) is 17.0. The van der Waals surface area contributed by atoms with Crippen molar-refractivity contribution in [2.75, 3.05) is 51.8 Å². The van der Waals surface area contributed by atoms with Gasteiger partial charge in [0.2, 0.25) is 16.0 Å². The van der Waals surface area contributed by atoms with E-state index in [4.69, 9.17) is 14.5 Å². The second-order valence-electron chi connectivity index (χ2n) is 8.17. The molecule has 0 spiro atoms. The van der Waals surface area contributed by atoms with E-state index in [0.29, 0.717) is 68.8 Å². The van der Waals surface area contributed by atoms with Gasteiger partial charge in [0.1, 0.15) is 17.3 Å². The summed E-state index contributed by atoms with van der Waals surface area (Å²) >= 11 is 0. The molecule has 11 nitrogen and oxygen atoms in total. The van der Waals surface area contributed by atoms with Crippen molar-refractivity contribution in [1.82, 2.24) is 19.5 Å². The lowest BCUT2D eigenvalue weighted by Gasteiger charge is -2.28. The molecule has 35 heavy (non-hydrogen) atoms. The molecule has 0 unspecified atom stereocenters. The maximum Gasteiger partial charge on any atom is 0.259 e. The molecular weight excluding hydrogens is 472 g/mol. The highest BCUT2D eigenvalue weighted by Gasteiger charge is 2.32. The van der Waals surface area contributed by atoms with Crippen LogP contribution in [0.3, 0.4) is 0 Å². The molecule has 12 heteroatoms. The van der Waals surface area contributed by atoms with Crippen molar-refractivity contribution < 1.29 is 22.7 Å². The smallest absolute Gasteiger partial charge is 0.259 e. The van der Waals surface area contributed by atoms with Crippen LogP contribution in [0.5, 0.6) is 5.75 Å². The Morgan fingerprint density at radius 3 is 2.80 bits per heavy atom. The Morgan fingerprint density at radius 1 is 1.14 bits per heavy atom. The van der Waals surface area contributed by atoms with E-state index in [2.05, 4.69) is 15.3 Å². The number of amides is 1. The summed E-state index contributed by atoms with van der Waals surface area (Å²) in [5.41, 5.74) is 1.78. The number of guanidine groups is 1. The first kappa shape index (κ1) is 23.4. The molecule has 184 valence electrons. The van der Waals surface area contributed by atoms with Gasteiger partial charge in [-0.15, -0.1) is 0 Å². The first-order valence-electron chi connectivity index (χ1n) is 11.5. The van der Waals surface area contributed by atoms with Crippen LogP contribution in [0.15, 0.2) is 52.7 Å². The Balaban J connectivity index is 1.30. The van der Waals surface area contributed by atoms with Gasteiger partial charge in [-0.05, 0) is 30.7 Å². The van der Waals surface area contributed by atoms with Crippen LogP contribution in [0.4, 0.5) is 5.69 Å². The summed E-state index contributed by atoms with van der Waals surface area (Å²) < 4.78 is 37.8. The summed E-state index contributed by atoms with van der Waals surface area (Å²) in [6.07, 6.45) is 3.43. The minimum absolute atomic E-state index is 0.00179. The predicted molar refractivity (Wildman–Crippen MR) is 130 cm³/mol. The lowest BCUT2D eigenvalue weighted by Crippen LogP contribution is -2.47. The van der Waals surface area contributed by atoms with Crippen LogP contribution >= 0.6 is 0 Å². The fraction of sp³-hybridized carbons (Fsp3) is 0.391. The number of nitrogens with zero attached hydrogens (tertiary/aromatic N) is 5. The number of fused-ring (bicyclic) bond motifs is 3. The minimum atomic E-state index is -3.35. The van der Waals surface area contributed by atoms with Gasteiger partial charge in [0.25, 0.3) is 5.91 Å². The third-order valence-corrected chi connectivity index (χ3v) is 7.83. The highest BCUT2D eigenvalue weighted by molar-refractivity contribution is 7.89. The monoisotopic (exact) mass is 498 g/mol. The molecule has 2 aromatic rings. The summed E-state index contributed by atoms with van der Waals surface area (Å²) in [6, 6.07) is 8.92. The Morgan fingerprint density at radius 2 is 2.00 bits per heavy atom. The number of aromatic nitrogens is 1. The number of rotatable bonds is 7. The molecule has 1 N–H and O–H groups in total. The van der Waals surface area contributed by atoms with Gasteiger partial charge in [0.05, 0.1) is 37.7 Å². The standard InChI is InChI=1S/C23H26N6O5S/c30-22(17-4-2-7-24-16-17)27-23-26-20-18(21-25-8-9-29(21)23)5-1-6-19(20)34-12-3-15-35(31,32)28-10-13-33-14-11-28/h1-2,4-7,16H,3,8-15H2,(H,26,27,30). The number of benzene rings is 1. The molecule has 1 saturated heterocycles. The van der Waals surface area contributed by atoms with Gasteiger partial charge in [-0.25, -0.2) is 13.4 Å². The number of hydrogen-bond donors (Lipinski definition) is 1. The molecule has 0 bridgehead atoms. The van der Waals surface area contributed by atoms with Crippen molar-refractivity contribution in [2.45, 2.75) is 6.42 Å². The zero-order valence-electron chi connectivity index (χ0n) is 19.1. The lowest BCUT2D eigenvalue weighted by molar-refractivity contribution is 0.0730. The number of carbonyl (C=O) groups is 1. The number of carbonyl (C=O) groups excluding carboxylic acids is 1. The quantitative estimate of drug-likeness (QED) is 0.565. The van der Waals surface area contributed by atoms with Crippen LogP contribution in [0.1, 0.15) is 22.3 Å². The number of hydrogen-bond acceptors (Lipinski definition) is 9. The predicted octanol–water partition coefficient (Wildman–Crippen LogP) is 1.01. The van der Waals surface area contributed by atoms with Crippen LogP contribution in [-0.4, -0.2) is 92.1 Å². The molecule has 3 aliphatic rings. The van der Waals surface area contributed by atoms with Crippen molar-refractivity contribution in [1.29, 1.82) is 0 Å². The molecule has 1 amide bonds. The summed E-state index contributed by atoms with van der Waals surface area (Å²) in [7, 11) is -3.35. The number of morpholine rings is 1. The fourth-order valence-electron chi connectivity index (χ4n) is 4.13. The lowest BCUT2D eigenvalue weighted by atomic mass is 10.1. The van der Waals surface area contributed by atoms with Gasteiger partial charge >= 0.3 is 0 Å². The van der Waals surface area contributed by atoms with Crippen molar-refractivity contribution in [3.63, 3.8) is 0 Å². The Hall–Kier alpha value is -3.35. The van der Waals surface area contributed by atoms with E-state index in [1.165, 1.54) is 10.5 Å². The molecule has 0 aliphatic carbocycles. The largest absolute Gasteiger partial charge is 0.491 e. The second-order valence-corrected chi connectivity index (χ2v) is 10.3. The Kier molecular flexibility index (Phi) is 6.75. The van der Waals surface area contributed by atoms with Crippen molar-refractivity contribution in [3.05, 3.63) is 53.9 Å². The van der Waals surface area contributed by atoms with E-state index in [-0.39, 0.29) is 18.3 Å². The number of aliphatic imine (C=N–C) groups is 2. The third-order valence-electron chi connectivity index (χ3n) is 5.87. The third kappa shape index (κ3) is 5.04. The molecule has 4 heterocycles. The van der Waals surface area contributed by atoms with E-state index in [9.17, 15) is 13.2 Å². The summed E-state index contributed by atoms with van der Waals surface area (Å²) in [5.74, 6) is 1.27. The molecule has 5 rings (SSSR count). The summed E-state index contributed by atoms with van der Waals surface area (Å²) in [6.45, 7) is 3.01. The van der Waals surface area contributed by atoms with Gasteiger partial charge in [-0.1, -0.05) is 6.07 Å². The molecule has 1 aromatic carbocycles. The molecular formula is C23H26N6O5S. The van der Waals surface area contributed by atoms with Crippen LogP contribution in [0.2, 0.25) is 0 Å². The minimum Gasteiger partial charge on any atom is -0.491 e. The normalized spacial score (nSPS) is 17.8. The van der Waals surface area contributed by atoms with Gasteiger partial charge in [-0.3, -0.25) is 25.0 Å². The first-order valence-corrected chi connectivity index (χ1v) is 13.1. The van der Waals surface area contributed by atoms with Gasteiger partial charge in [0.15, 0.2) is 0 Å². The summed E-state index contributed by atoms with van der Waals surface area (Å²) in [4.78, 5) is 27.9. The van der Waals surface area contributed by atoms with Crippen LogP contribution in [0.25, 0.3) is 0 Å². The number of amidine groups is 1. The van der Waals surface area contributed by atoms with Crippen LogP contribution in [-0.2, 0) is 14.8 Å². The van der Waals surface area contributed by atoms with E-state index in [1.54, 1.807) is 24.4 Å². The molecule has 0 saturated carbocycles. The fourth-order valence-corrected chi connectivity index (χ4v) is 5.57. The molecule has 1 aromatic heterocycles. The van der Waals surface area contributed by atoms with Crippen LogP contribution in [0, 0.1) is 0 Å². The maximum absolute atomic E-state index is 12.7. The zero-order valence-corrected chi connectivity index (χ0v) is 19.9. The van der Waals surface area contributed by atoms with Crippen molar-refractivity contribution >= 4 is 33.4 Å². The number of para-hydroxylation sites is 1. The van der Waals surface area contributed by atoms with E-state index < -0.39 is 10.0 Å². The maximum atomic E-state index is 12.7. The number of nitrogens with one attached hydrogen (secondary N) is 1. The number of ether oxygens (including phenoxy) is 2. The summed E-state index contributed by atoms with van der Waals surface area (Å²) in [5, 5.41) is 2.86. The number of sulfonamides is 1. The van der Waals surface area contributed by atoms with E-state index >= 15 is 0 Å². The molecule has 0 radical (unpaired) electrons. The average Bonchev–Trinajstić information content (AvgIpc) is 3.39. The van der Waals surface area contributed by atoms with Gasteiger partial charge < -0.3 is 9.47 Å². The van der Waals surface area contributed by atoms with Crippen molar-refractivity contribution in [2.24, 2.45) is 9.98 Å². The highest BCUT2D eigenvalue weighted by atomic mass is 32.2. The van der Waals surface area contributed by atoms with E-state index in [1.807, 2.05) is 17.0 Å². The topological polar surface area (TPSA) is 126 Å². The molecule has 3 aliphatic heterocycles. The Labute approximate surface area is 203 Å². The molecule has 0 atom stereocenters.